The molecule has 2 aromatic rings. The Morgan fingerprint density at radius 1 is 1.26 bits per heavy atom. The van der Waals surface area contributed by atoms with E-state index >= 15 is 0 Å². The average molecular weight is 382 g/mol. The Balaban J connectivity index is 1.81. The van der Waals surface area contributed by atoms with Gasteiger partial charge in [0.15, 0.2) is 0 Å². The lowest BCUT2D eigenvalue weighted by atomic mass is 10.0. The lowest BCUT2D eigenvalue weighted by Gasteiger charge is -2.27. The number of anilines is 1. The van der Waals surface area contributed by atoms with Gasteiger partial charge in [0.2, 0.25) is 5.95 Å². The zero-order chi connectivity index (χ0) is 19.8. The third kappa shape index (κ3) is 4.21. The van der Waals surface area contributed by atoms with E-state index in [9.17, 15) is 17.6 Å². The van der Waals surface area contributed by atoms with Crippen molar-refractivity contribution in [3.63, 3.8) is 0 Å². The largest absolute Gasteiger partial charge is 0.416 e. The van der Waals surface area contributed by atoms with Crippen molar-refractivity contribution in [1.82, 2.24) is 14.9 Å². The number of rotatable bonds is 4. The molecule has 0 spiro atoms. The molecule has 1 aromatic carbocycles. The molecule has 4 nitrogen and oxygen atoms in total. The van der Waals surface area contributed by atoms with E-state index in [-0.39, 0.29) is 11.6 Å². The van der Waals surface area contributed by atoms with Gasteiger partial charge in [0.05, 0.1) is 11.3 Å². The molecule has 1 saturated heterocycles. The third-order valence-electron chi connectivity index (χ3n) is 5.08. The molecule has 1 aromatic heterocycles. The van der Waals surface area contributed by atoms with Crippen molar-refractivity contribution in [3.05, 3.63) is 41.5 Å². The van der Waals surface area contributed by atoms with Crippen molar-refractivity contribution in [2.24, 2.45) is 0 Å². The van der Waals surface area contributed by atoms with Crippen LogP contribution in [0.3, 0.4) is 0 Å². The molecule has 146 valence electrons. The molecule has 0 amide bonds. The van der Waals surface area contributed by atoms with Crippen molar-refractivity contribution in [2.75, 3.05) is 18.9 Å². The third-order valence-corrected chi connectivity index (χ3v) is 5.08. The molecule has 1 aliphatic rings. The van der Waals surface area contributed by atoms with Gasteiger partial charge >= 0.3 is 6.18 Å². The van der Waals surface area contributed by atoms with E-state index in [0.717, 1.165) is 31.5 Å². The molecule has 1 fully saturated rings. The maximum absolute atomic E-state index is 14.2. The highest BCUT2D eigenvalue weighted by Crippen LogP contribution is 2.33. The van der Waals surface area contributed by atoms with Gasteiger partial charge in [-0.25, -0.2) is 14.4 Å². The first-order chi connectivity index (χ1) is 12.7. The molecule has 2 heterocycles. The second-order valence-corrected chi connectivity index (χ2v) is 7.01. The minimum absolute atomic E-state index is 0.0515. The van der Waals surface area contributed by atoms with Crippen LogP contribution in [0.1, 0.15) is 31.0 Å². The highest BCUT2D eigenvalue weighted by atomic mass is 19.4. The summed E-state index contributed by atoms with van der Waals surface area (Å²) >= 11 is 0. The maximum Gasteiger partial charge on any atom is 0.416 e. The minimum atomic E-state index is -4.58. The molecule has 8 heteroatoms. The number of hydrogen-bond donors (Lipinski definition) is 1. The van der Waals surface area contributed by atoms with Crippen LogP contribution in [-0.2, 0) is 6.18 Å². The van der Waals surface area contributed by atoms with Gasteiger partial charge in [-0.1, -0.05) is 6.07 Å². The van der Waals surface area contributed by atoms with Crippen LogP contribution in [0, 0.1) is 12.7 Å². The summed E-state index contributed by atoms with van der Waals surface area (Å²) in [6.45, 7) is 4.81. The van der Waals surface area contributed by atoms with E-state index < -0.39 is 17.6 Å². The standard InChI is InChI=1S/C19H22F4N4/c1-11-15(14-7-6-13(9-16(14)20)19(21,22)23)10-24-18(25-11)26-12(2)17-5-4-8-27(17)3/h6-7,9-10,12,17H,4-5,8H2,1-3H3,(H,24,25,26). The summed E-state index contributed by atoms with van der Waals surface area (Å²) in [5, 5.41) is 3.27. The van der Waals surface area contributed by atoms with Crippen molar-refractivity contribution in [3.8, 4) is 11.1 Å². The van der Waals surface area contributed by atoms with E-state index in [1.807, 2.05) is 0 Å². The van der Waals surface area contributed by atoms with Crippen LogP contribution in [0.2, 0.25) is 0 Å². The van der Waals surface area contributed by atoms with Crippen LogP contribution in [0.25, 0.3) is 11.1 Å². The van der Waals surface area contributed by atoms with Gasteiger partial charge in [0.25, 0.3) is 0 Å². The average Bonchev–Trinajstić information content (AvgIpc) is 3.01. The zero-order valence-electron chi connectivity index (χ0n) is 15.4. The Hall–Kier alpha value is -2.22. The first-order valence-electron chi connectivity index (χ1n) is 8.84. The van der Waals surface area contributed by atoms with E-state index in [1.165, 1.54) is 6.20 Å². The second-order valence-electron chi connectivity index (χ2n) is 7.01. The maximum atomic E-state index is 14.2. The van der Waals surface area contributed by atoms with Crippen LogP contribution in [0.4, 0.5) is 23.5 Å². The van der Waals surface area contributed by atoms with E-state index in [2.05, 4.69) is 34.2 Å². The molecule has 1 aliphatic heterocycles. The van der Waals surface area contributed by atoms with E-state index in [1.54, 1.807) is 6.92 Å². The van der Waals surface area contributed by atoms with Crippen LogP contribution < -0.4 is 5.32 Å². The molecule has 27 heavy (non-hydrogen) atoms. The molecular weight excluding hydrogens is 360 g/mol. The van der Waals surface area contributed by atoms with Gasteiger partial charge in [-0.15, -0.1) is 0 Å². The quantitative estimate of drug-likeness (QED) is 0.791. The number of nitrogens with one attached hydrogen (secondary N) is 1. The molecule has 0 bridgehead atoms. The number of halogens is 4. The smallest absolute Gasteiger partial charge is 0.350 e. The Kier molecular flexibility index (Phi) is 5.37. The van der Waals surface area contributed by atoms with Gasteiger partial charge in [0, 0.05) is 29.4 Å². The molecule has 1 N–H and O–H groups in total. The topological polar surface area (TPSA) is 41.1 Å². The fourth-order valence-corrected chi connectivity index (χ4v) is 3.58. The number of alkyl halides is 3. The number of likely N-dealkylation sites (N-methyl/N-ethyl adjacent to an activating group) is 1. The highest BCUT2D eigenvalue weighted by molar-refractivity contribution is 5.66. The van der Waals surface area contributed by atoms with Gasteiger partial charge in [-0.3, -0.25) is 0 Å². The summed E-state index contributed by atoms with van der Waals surface area (Å²) in [6, 6.07) is 3.01. The number of likely N-dealkylation sites (tertiary alicyclic amines) is 1. The Labute approximate surface area is 155 Å². The summed E-state index contributed by atoms with van der Waals surface area (Å²) in [4.78, 5) is 10.9. The van der Waals surface area contributed by atoms with Gasteiger partial charge in [-0.05, 0) is 52.4 Å². The highest BCUT2D eigenvalue weighted by Gasteiger charge is 2.31. The van der Waals surface area contributed by atoms with Crippen molar-refractivity contribution in [1.29, 1.82) is 0 Å². The summed E-state index contributed by atoms with van der Waals surface area (Å²) in [6.07, 6.45) is -0.888. The minimum Gasteiger partial charge on any atom is -0.350 e. The van der Waals surface area contributed by atoms with Crippen LogP contribution >= 0.6 is 0 Å². The molecular formula is C19H22F4N4. The predicted molar refractivity (Wildman–Crippen MR) is 95.9 cm³/mol. The number of hydrogen-bond acceptors (Lipinski definition) is 4. The first kappa shape index (κ1) is 19.5. The summed E-state index contributed by atoms with van der Waals surface area (Å²) in [5.41, 5.74) is -0.0960. The van der Waals surface area contributed by atoms with Crippen LogP contribution in [-0.4, -0.2) is 40.5 Å². The van der Waals surface area contributed by atoms with Crippen molar-refractivity contribution < 1.29 is 17.6 Å². The van der Waals surface area contributed by atoms with Gasteiger partial charge in [0.1, 0.15) is 5.82 Å². The molecule has 3 rings (SSSR count). The first-order valence-corrected chi connectivity index (χ1v) is 8.84. The molecule has 0 saturated carbocycles. The summed E-state index contributed by atoms with van der Waals surface area (Å²) in [7, 11) is 2.08. The van der Waals surface area contributed by atoms with Crippen molar-refractivity contribution >= 4 is 5.95 Å². The second kappa shape index (κ2) is 7.42. The van der Waals surface area contributed by atoms with Crippen LogP contribution in [0.5, 0.6) is 0 Å². The van der Waals surface area contributed by atoms with Crippen molar-refractivity contribution in [2.45, 2.75) is 44.9 Å². The monoisotopic (exact) mass is 382 g/mol. The Morgan fingerprint density at radius 3 is 2.56 bits per heavy atom. The lowest BCUT2D eigenvalue weighted by Crippen LogP contribution is -2.39. The van der Waals surface area contributed by atoms with E-state index in [0.29, 0.717) is 29.3 Å². The zero-order valence-corrected chi connectivity index (χ0v) is 15.4. The fraction of sp³-hybridized carbons (Fsp3) is 0.474. The number of aromatic nitrogens is 2. The van der Waals surface area contributed by atoms with Gasteiger partial charge < -0.3 is 10.2 Å². The molecule has 2 atom stereocenters. The van der Waals surface area contributed by atoms with E-state index in [4.69, 9.17) is 0 Å². The summed E-state index contributed by atoms with van der Waals surface area (Å²) < 4.78 is 52.4. The fourth-order valence-electron chi connectivity index (χ4n) is 3.58. The molecule has 2 unspecified atom stereocenters. The number of nitrogens with zero attached hydrogens (tertiary/aromatic N) is 3. The van der Waals surface area contributed by atoms with Crippen LogP contribution in [0.15, 0.2) is 24.4 Å². The lowest BCUT2D eigenvalue weighted by molar-refractivity contribution is -0.137. The Morgan fingerprint density at radius 2 is 2.00 bits per heavy atom. The number of aryl methyl sites for hydroxylation is 1. The SMILES string of the molecule is Cc1nc(NC(C)C2CCCN2C)ncc1-c1ccc(C(F)(F)F)cc1F. The predicted octanol–water partition coefficient (Wildman–Crippen LogP) is 4.50. The molecule has 0 aliphatic carbocycles. The van der Waals surface area contributed by atoms with Gasteiger partial charge in [-0.2, -0.15) is 13.2 Å². The Bertz CT molecular complexity index is 822. The normalized spacial score (nSPS) is 19.3. The summed E-state index contributed by atoms with van der Waals surface area (Å²) in [5.74, 6) is -0.519. The molecule has 0 radical (unpaired) electrons. The number of benzene rings is 1.